The van der Waals surface area contributed by atoms with Gasteiger partial charge in [-0.2, -0.15) is 5.10 Å². The number of aromatic amines is 2. The van der Waals surface area contributed by atoms with Crippen LogP contribution in [0.25, 0.3) is 0 Å². The average Bonchev–Trinajstić information content (AvgIpc) is 3.16. The number of carbonyl (C=O) groups is 1. The molecule has 0 aliphatic carbocycles. The second-order valence-corrected chi connectivity index (χ2v) is 7.11. The third-order valence-electron chi connectivity index (χ3n) is 4.19. The van der Waals surface area contributed by atoms with E-state index in [-0.39, 0.29) is 11.3 Å². The molecule has 1 saturated heterocycles. The highest BCUT2D eigenvalue weighted by Gasteiger charge is 2.31. The number of rotatable bonds is 2. The van der Waals surface area contributed by atoms with Crippen LogP contribution in [0.2, 0.25) is 0 Å². The Balaban J connectivity index is 1.70. The van der Waals surface area contributed by atoms with Gasteiger partial charge in [0.05, 0.1) is 0 Å². The number of aryl methyl sites for hydroxylation is 1. The maximum atomic E-state index is 12.6. The zero-order chi connectivity index (χ0) is 15.9. The molecule has 6 heteroatoms. The highest BCUT2D eigenvalue weighted by molar-refractivity contribution is 5.92. The number of hydrogen-bond acceptors (Lipinski definition) is 3. The molecule has 3 rings (SSSR count). The predicted molar refractivity (Wildman–Crippen MR) is 83.9 cm³/mol. The first kappa shape index (κ1) is 14.8. The van der Waals surface area contributed by atoms with Crippen LogP contribution < -0.4 is 0 Å². The molecule has 0 aromatic carbocycles. The molecule has 0 saturated carbocycles. The van der Waals surface area contributed by atoms with E-state index < -0.39 is 0 Å². The molecule has 1 fully saturated rings. The Labute approximate surface area is 130 Å². The first-order valence-corrected chi connectivity index (χ1v) is 7.71. The summed E-state index contributed by atoms with van der Waals surface area (Å²) in [4.78, 5) is 22.1. The first-order valence-electron chi connectivity index (χ1n) is 7.71. The van der Waals surface area contributed by atoms with Gasteiger partial charge in [0.1, 0.15) is 11.5 Å². The molecule has 2 aromatic heterocycles. The van der Waals surface area contributed by atoms with Crippen molar-refractivity contribution in [1.82, 2.24) is 25.1 Å². The van der Waals surface area contributed by atoms with Gasteiger partial charge in [-0.3, -0.25) is 9.89 Å². The highest BCUT2D eigenvalue weighted by atomic mass is 16.2. The second-order valence-electron chi connectivity index (χ2n) is 7.11. The molecule has 0 bridgehead atoms. The molecule has 0 spiro atoms. The van der Waals surface area contributed by atoms with Gasteiger partial charge < -0.3 is 9.88 Å². The summed E-state index contributed by atoms with van der Waals surface area (Å²) in [6.07, 6.45) is 2.78. The molecular formula is C16H23N5O. The number of H-pyrrole nitrogens is 2. The van der Waals surface area contributed by atoms with E-state index >= 15 is 0 Å². The van der Waals surface area contributed by atoms with E-state index in [1.54, 1.807) is 0 Å². The Morgan fingerprint density at radius 2 is 2.18 bits per heavy atom. The normalized spacial score (nSPS) is 18.9. The number of nitrogens with zero attached hydrogens (tertiary/aromatic N) is 3. The summed E-state index contributed by atoms with van der Waals surface area (Å²) in [7, 11) is 0. The van der Waals surface area contributed by atoms with Crippen molar-refractivity contribution in [2.24, 2.45) is 0 Å². The van der Waals surface area contributed by atoms with E-state index in [0.717, 1.165) is 30.2 Å². The molecule has 2 aromatic rings. The summed E-state index contributed by atoms with van der Waals surface area (Å²) >= 11 is 0. The molecule has 1 aliphatic heterocycles. The van der Waals surface area contributed by atoms with Crippen LogP contribution in [0.5, 0.6) is 0 Å². The molecule has 0 unspecified atom stereocenters. The highest BCUT2D eigenvalue weighted by Crippen LogP contribution is 2.27. The number of aromatic nitrogens is 4. The predicted octanol–water partition coefficient (Wildman–Crippen LogP) is 2.37. The molecule has 2 N–H and O–H groups in total. The Morgan fingerprint density at radius 3 is 2.77 bits per heavy atom. The number of imidazole rings is 1. The van der Waals surface area contributed by atoms with Crippen LogP contribution in [0, 0.1) is 6.92 Å². The van der Waals surface area contributed by atoms with E-state index in [1.165, 1.54) is 0 Å². The lowest BCUT2D eigenvalue weighted by atomic mass is 9.92. The van der Waals surface area contributed by atoms with Crippen molar-refractivity contribution in [2.75, 3.05) is 13.1 Å². The maximum absolute atomic E-state index is 12.6. The number of carbonyl (C=O) groups excluding carboxylic acids is 1. The minimum absolute atomic E-state index is 0.00229. The summed E-state index contributed by atoms with van der Waals surface area (Å²) in [5.74, 6) is 1.27. The first-order chi connectivity index (χ1) is 10.3. The van der Waals surface area contributed by atoms with Crippen LogP contribution in [0.1, 0.15) is 60.8 Å². The molecule has 118 valence electrons. The van der Waals surface area contributed by atoms with Crippen LogP contribution in [0.3, 0.4) is 0 Å². The molecule has 1 aliphatic rings. The monoisotopic (exact) mass is 301 g/mol. The minimum atomic E-state index is -0.0369. The van der Waals surface area contributed by atoms with Crippen molar-refractivity contribution in [3.05, 3.63) is 35.2 Å². The van der Waals surface area contributed by atoms with E-state index in [1.807, 2.05) is 24.1 Å². The van der Waals surface area contributed by atoms with Crippen molar-refractivity contribution in [3.8, 4) is 0 Å². The van der Waals surface area contributed by atoms with Crippen molar-refractivity contribution < 1.29 is 4.79 Å². The standard InChI is InChI=1S/C16H23N5O/c1-10-8-17-14(18-10)11-5-6-21(9-11)15(22)12-7-13(20-19-12)16(2,3)4/h7-8,11H,5-6,9H2,1-4H3,(H,17,18)(H,19,20)/t11-/m0/s1. The van der Waals surface area contributed by atoms with Crippen LogP contribution in [-0.2, 0) is 5.41 Å². The lowest BCUT2D eigenvalue weighted by Gasteiger charge is -2.15. The van der Waals surface area contributed by atoms with Crippen LogP contribution in [0.15, 0.2) is 12.3 Å². The fourth-order valence-electron chi connectivity index (χ4n) is 2.79. The Kier molecular flexibility index (Phi) is 3.54. The molecule has 22 heavy (non-hydrogen) atoms. The van der Waals surface area contributed by atoms with E-state index in [0.29, 0.717) is 18.2 Å². The summed E-state index contributed by atoms with van der Waals surface area (Å²) in [6.45, 7) is 9.73. The van der Waals surface area contributed by atoms with Gasteiger partial charge in [0, 0.05) is 42.0 Å². The Morgan fingerprint density at radius 1 is 1.41 bits per heavy atom. The molecular weight excluding hydrogens is 278 g/mol. The van der Waals surface area contributed by atoms with Crippen molar-refractivity contribution in [3.63, 3.8) is 0 Å². The van der Waals surface area contributed by atoms with Crippen LogP contribution in [0.4, 0.5) is 0 Å². The summed E-state index contributed by atoms with van der Waals surface area (Å²) < 4.78 is 0. The van der Waals surface area contributed by atoms with Crippen molar-refractivity contribution >= 4 is 5.91 Å². The quantitative estimate of drug-likeness (QED) is 0.894. The molecule has 0 radical (unpaired) electrons. The maximum Gasteiger partial charge on any atom is 0.274 e. The van der Waals surface area contributed by atoms with E-state index in [2.05, 4.69) is 40.9 Å². The van der Waals surface area contributed by atoms with Crippen molar-refractivity contribution in [1.29, 1.82) is 0 Å². The fourth-order valence-corrected chi connectivity index (χ4v) is 2.79. The van der Waals surface area contributed by atoms with Gasteiger partial charge in [0.25, 0.3) is 5.91 Å². The molecule has 1 amide bonds. The van der Waals surface area contributed by atoms with Gasteiger partial charge in [0.15, 0.2) is 0 Å². The Hall–Kier alpha value is -2.11. The van der Waals surface area contributed by atoms with Gasteiger partial charge in [0.2, 0.25) is 0 Å². The SMILES string of the molecule is Cc1cnc([C@H]2CCN(C(=O)c3cc(C(C)(C)C)[nH]n3)C2)[nH]1. The smallest absolute Gasteiger partial charge is 0.274 e. The number of amides is 1. The zero-order valence-electron chi connectivity index (χ0n) is 13.6. The summed E-state index contributed by atoms with van der Waals surface area (Å²) in [6, 6.07) is 1.87. The summed E-state index contributed by atoms with van der Waals surface area (Å²) in [5.41, 5.74) is 2.50. The van der Waals surface area contributed by atoms with Gasteiger partial charge in [-0.1, -0.05) is 20.8 Å². The minimum Gasteiger partial charge on any atom is -0.346 e. The lowest BCUT2D eigenvalue weighted by molar-refractivity contribution is 0.0784. The molecule has 6 nitrogen and oxygen atoms in total. The molecule has 3 heterocycles. The number of nitrogens with one attached hydrogen (secondary N) is 2. The average molecular weight is 301 g/mol. The third-order valence-corrected chi connectivity index (χ3v) is 4.19. The fraction of sp³-hybridized carbons (Fsp3) is 0.562. The van der Waals surface area contributed by atoms with Gasteiger partial charge >= 0.3 is 0 Å². The zero-order valence-corrected chi connectivity index (χ0v) is 13.6. The second kappa shape index (κ2) is 5.26. The van der Waals surface area contributed by atoms with Gasteiger partial charge in [-0.25, -0.2) is 4.98 Å². The van der Waals surface area contributed by atoms with Gasteiger partial charge in [-0.15, -0.1) is 0 Å². The van der Waals surface area contributed by atoms with Gasteiger partial charge in [-0.05, 0) is 19.4 Å². The molecule has 1 atom stereocenters. The topological polar surface area (TPSA) is 77.7 Å². The number of hydrogen-bond donors (Lipinski definition) is 2. The summed E-state index contributed by atoms with van der Waals surface area (Å²) in [5, 5.41) is 7.17. The van der Waals surface area contributed by atoms with Crippen LogP contribution >= 0.6 is 0 Å². The Bertz CT molecular complexity index is 679. The van der Waals surface area contributed by atoms with E-state index in [9.17, 15) is 4.79 Å². The van der Waals surface area contributed by atoms with Crippen molar-refractivity contribution in [2.45, 2.75) is 45.4 Å². The third kappa shape index (κ3) is 2.77. The van der Waals surface area contributed by atoms with E-state index in [4.69, 9.17) is 0 Å². The lowest BCUT2D eigenvalue weighted by Crippen LogP contribution is -2.28. The largest absolute Gasteiger partial charge is 0.346 e. The number of likely N-dealkylation sites (tertiary alicyclic amines) is 1. The van der Waals surface area contributed by atoms with Crippen LogP contribution in [-0.4, -0.2) is 44.1 Å².